The highest BCUT2D eigenvalue weighted by Gasteiger charge is 2.23. The third kappa shape index (κ3) is 2.86. The van der Waals surface area contributed by atoms with Crippen LogP contribution in [0.2, 0.25) is 0 Å². The van der Waals surface area contributed by atoms with Gasteiger partial charge in [-0.2, -0.15) is 0 Å². The molecule has 0 amide bonds. The van der Waals surface area contributed by atoms with Crippen LogP contribution in [-0.4, -0.2) is 41.5 Å². The van der Waals surface area contributed by atoms with E-state index in [0.29, 0.717) is 0 Å². The summed E-state index contributed by atoms with van der Waals surface area (Å²) in [6.07, 6.45) is 1.85. The summed E-state index contributed by atoms with van der Waals surface area (Å²) >= 11 is 5.18. The number of halogens is 1. The van der Waals surface area contributed by atoms with E-state index in [2.05, 4.69) is 49.6 Å². The van der Waals surface area contributed by atoms with Crippen LogP contribution in [0, 0.1) is 0 Å². The van der Waals surface area contributed by atoms with Gasteiger partial charge >= 0.3 is 0 Å². The Kier molecular flexibility index (Phi) is 3.93. The lowest BCUT2D eigenvalue weighted by atomic mass is 10.2. The van der Waals surface area contributed by atoms with Gasteiger partial charge in [0, 0.05) is 35.7 Å². The quantitative estimate of drug-likeness (QED) is 0.913. The Hall–Kier alpha value is -0.820. The average molecular weight is 339 g/mol. The molecule has 3 rings (SSSR count). The Bertz CT molecular complexity index is 571. The molecular weight excluding hydrogens is 324 g/mol. The van der Waals surface area contributed by atoms with Gasteiger partial charge in [0.25, 0.3) is 0 Å². The molecule has 19 heavy (non-hydrogen) atoms. The van der Waals surface area contributed by atoms with Gasteiger partial charge in [0.2, 0.25) is 0 Å². The van der Waals surface area contributed by atoms with Crippen LogP contribution >= 0.6 is 27.3 Å². The van der Waals surface area contributed by atoms with Gasteiger partial charge < -0.3 is 5.32 Å². The zero-order chi connectivity index (χ0) is 13.2. The largest absolute Gasteiger partial charge is 0.313 e. The molecule has 100 valence electrons. The normalized spacial score (nSPS) is 20.6. The molecular formula is C13H15BrN4S. The van der Waals surface area contributed by atoms with Gasteiger partial charge in [-0.15, -0.1) is 11.3 Å². The van der Waals surface area contributed by atoms with Crippen LogP contribution in [-0.2, 0) is 0 Å². The van der Waals surface area contributed by atoms with Gasteiger partial charge in [-0.05, 0) is 35.1 Å². The van der Waals surface area contributed by atoms with Crippen molar-refractivity contribution in [1.82, 2.24) is 20.2 Å². The van der Waals surface area contributed by atoms with Crippen LogP contribution < -0.4 is 5.32 Å². The second kappa shape index (κ2) is 5.66. The average Bonchev–Trinajstić information content (AvgIpc) is 2.86. The van der Waals surface area contributed by atoms with Crippen molar-refractivity contribution in [2.75, 3.05) is 26.7 Å². The third-order valence-corrected chi connectivity index (χ3v) is 5.02. The summed E-state index contributed by atoms with van der Waals surface area (Å²) in [5.74, 6) is 0.900. The molecule has 1 saturated heterocycles. The Labute approximate surface area is 125 Å². The van der Waals surface area contributed by atoms with E-state index >= 15 is 0 Å². The second-order valence-electron chi connectivity index (χ2n) is 4.63. The zero-order valence-corrected chi connectivity index (χ0v) is 13.0. The minimum atomic E-state index is 0.261. The summed E-state index contributed by atoms with van der Waals surface area (Å²) < 4.78 is 1.10. The number of nitrogens with one attached hydrogen (secondary N) is 1. The van der Waals surface area contributed by atoms with Gasteiger partial charge in [-0.25, -0.2) is 9.97 Å². The predicted molar refractivity (Wildman–Crippen MR) is 81.3 cm³/mol. The molecule has 0 bridgehead atoms. The van der Waals surface area contributed by atoms with Crippen molar-refractivity contribution in [2.45, 2.75) is 6.04 Å². The molecule has 1 aliphatic heterocycles. The molecule has 2 aromatic rings. The Morgan fingerprint density at radius 1 is 1.53 bits per heavy atom. The second-order valence-corrected chi connectivity index (χ2v) is 6.46. The van der Waals surface area contributed by atoms with Crippen LogP contribution in [0.4, 0.5) is 0 Å². The van der Waals surface area contributed by atoms with Crippen LogP contribution in [0.15, 0.2) is 28.2 Å². The molecule has 1 N–H and O–H groups in total. The first-order valence-corrected chi connectivity index (χ1v) is 7.89. The standard InChI is InChI=1S/C13H15BrN4S/c1-18-5-4-15-7-11(18)13-16-3-2-10(17-13)12-6-9(14)8-19-12/h2-3,6,8,11,15H,4-5,7H2,1H3. The van der Waals surface area contributed by atoms with Crippen molar-refractivity contribution in [3.05, 3.63) is 34.0 Å². The molecule has 2 aromatic heterocycles. The summed E-state index contributed by atoms with van der Waals surface area (Å²) in [5, 5.41) is 5.48. The van der Waals surface area contributed by atoms with Gasteiger partial charge in [0.05, 0.1) is 16.6 Å². The summed E-state index contributed by atoms with van der Waals surface area (Å²) in [6, 6.07) is 4.33. The number of hydrogen-bond donors (Lipinski definition) is 1. The Balaban J connectivity index is 1.91. The van der Waals surface area contributed by atoms with E-state index in [1.165, 1.54) is 4.88 Å². The molecule has 0 saturated carbocycles. The van der Waals surface area contributed by atoms with Crippen LogP contribution in [0.1, 0.15) is 11.9 Å². The maximum Gasteiger partial charge on any atom is 0.147 e. The third-order valence-electron chi connectivity index (χ3n) is 3.30. The topological polar surface area (TPSA) is 41.0 Å². The molecule has 1 atom stereocenters. The number of hydrogen-bond acceptors (Lipinski definition) is 5. The van der Waals surface area contributed by atoms with E-state index in [0.717, 1.165) is 35.6 Å². The minimum absolute atomic E-state index is 0.261. The highest BCUT2D eigenvalue weighted by Crippen LogP contribution is 2.29. The van der Waals surface area contributed by atoms with Gasteiger partial charge in [-0.1, -0.05) is 0 Å². The first-order valence-electron chi connectivity index (χ1n) is 6.22. The van der Waals surface area contributed by atoms with Gasteiger partial charge in [0.1, 0.15) is 5.82 Å². The van der Waals surface area contributed by atoms with Crippen molar-refractivity contribution >= 4 is 27.3 Å². The van der Waals surface area contributed by atoms with Crippen molar-refractivity contribution in [2.24, 2.45) is 0 Å². The summed E-state index contributed by atoms with van der Waals surface area (Å²) in [4.78, 5) is 12.6. The highest BCUT2D eigenvalue weighted by molar-refractivity contribution is 9.10. The lowest BCUT2D eigenvalue weighted by Crippen LogP contribution is -2.44. The highest BCUT2D eigenvalue weighted by atomic mass is 79.9. The molecule has 6 heteroatoms. The monoisotopic (exact) mass is 338 g/mol. The van der Waals surface area contributed by atoms with E-state index < -0.39 is 0 Å². The zero-order valence-electron chi connectivity index (χ0n) is 10.6. The maximum absolute atomic E-state index is 4.73. The number of rotatable bonds is 2. The molecule has 0 aliphatic carbocycles. The minimum Gasteiger partial charge on any atom is -0.313 e. The molecule has 1 fully saturated rings. The number of piperazine rings is 1. The molecule has 3 heterocycles. The fourth-order valence-corrected chi connectivity index (χ4v) is 3.61. The number of thiophene rings is 1. The molecule has 0 aromatic carbocycles. The molecule has 1 unspecified atom stereocenters. The van der Waals surface area contributed by atoms with Gasteiger partial charge in [0.15, 0.2) is 0 Å². The first kappa shape index (κ1) is 13.2. The van der Waals surface area contributed by atoms with Crippen LogP contribution in [0.5, 0.6) is 0 Å². The van der Waals surface area contributed by atoms with Crippen LogP contribution in [0.25, 0.3) is 10.6 Å². The van der Waals surface area contributed by atoms with Gasteiger partial charge in [-0.3, -0.25) is 4.90 Å². The smallest absolute Gasteiger partial charge is 0.147 e. The molecule has 0 radical (unpaired) electrons. The Morgan fingerprint density at radius 2 is 2.42 bits per heavy atom. The van der Waals surface area contributed by atoms with E-state index in [4.69, 9.17) is 4.98 Å². The van der Waals surface area contributed by atoms with Crippen LogP contribution in [0.3, 0.4) is 0 Å². The molecule has 0 spiro atoms. The molecule has 1 aliphatic rings. The van der Waals surface area contributed by atoms with Crippen molar-refractivity contribution in [1.29, 1.82) is 0 Å². The molecule has 4 nitrogen and oxygen atoms in total. The summed E-state index contributed by atoms with van der Waals surface area (Å²) in [5.41, 5.74) is 1.000. The van der Waals surface area contributed by atoms with E-state index in [1.807, 2.05) is 12.3 Å². The van der Waals surface area contributed by atoms with E-state index in [-0.39, 0.29) is 6.04 Å². The van der Waals surface area contributed by atoms with E-state index in [1.54, 1.807) is 11.3 Å². The Morgan fingerprint density at radius 3 is 3.16 bits per heavy atom. The number of nitrogens with zero attached hydrogens (tertiary/aromatic N) is 3. The fraction of sp³-hybridized carbons (Fsp3) is 0.385. The first-order chi connectivity index (χ1) is 9.24. The van der Waals surface area contributed by atoms with E-state index in [9.17, 15) is 0 Å². The lowest BCUT2D eigenvalue weighted by Gasteiger charge is -2.31. The summed E-state index contributed by atoms with van der Waals surface area (Å²) in [7, 11) is 2.13. The number of likely N-dealkylation sites (N-methyl/N-ethyl adjacent to an activating group) is 1. The maximum atomic E-state index is 4.73. The fourth-order valence-electron chi connectivity index (χ4n) is 2.21. The SMILES string of the molecule is CN1CCNCC1c1nccc(-c2cc(Br)cs2)n1. The number of aromatic nitrogens is 2. The van der Waals surface area contributed by atoms with Crippen molar-refractivity contribution < 1.29 is 0 Å². The predicted octanol–water partition coefficient (Wildman–Crippen LogP) is 2.54. The van der Waals surface area contributed by atoms with Crippen molar-refractivity contribution in [3.63, 3.8) is 0 Å². The summed E-state index contributed by atoms with van der Waals surface area (Å²) in [6.45, 7) is 2.97. The lowest BCUT2D eigenvalue weighted by molar-refractivity contribution is 0.194. The van der Waals surface area contributed by atoms with Crippen molar-refractivity contribution in [3.8, 4) is 10.6 Å².